The number of rotatable bonds is 7. The molecule has 2 atom stereocenters. The molecule has 21 heavy (non-hydrogen) atoms. The fourth-order valence-electron chi connectivity index (χ4n) is 2.49. The van der Waals surface area contributed by atoms with Gasteiger partial charge in [0.15, 0.2) is 0 Å². The molecule has 8 heteroatoms. The molecule has 0 aliphatic carbocycles. The van der Waals surface area contributed by atoms with E-state index in [0.29, 0.717) is 19.0 Å². The standard InChI is InChI=1S/C13H24N4O4/c1-15-7-9-3-2-6-17(8-9)13(21)16-10(12(19)20)4-5-11(14)18/h9-10,15H,2-8H2,1H3,(H2,14,18)(H,16,21)(H,19,20). The first-order chi connectivity index (χ1) is 9.93. The Balaban J connectivity index is 2.52. The zero-order chi connectivity index (χ0) is 15.8. The average Bonchev–Trinajstić information content (AvgIpc) is 2.43. The van der Waals surface area contributed by atoms with Gasteiger partial charge in [-0.15, -0.1) is 0 Å². The Morgan fingerprint density at radius 2 is 2.14 bits per heavy atom. The molecule has 1 rings (SSSR count). The van der Waals surface area contributed by atoms with Gasteiger partial charge in [-0.25, -0.2) is 9.59 Å². The third kappa shape index (κ3) is 5.99. The molecular formula is C13H24N4O4. The molecule has 5 N–H and O–H groups in total. The summed E-state index contributed by atoms with van der Waals surface area (Å²) in [6, 6.07) is -1.48. The van der Waals surface area contributed by atoms with Crippen molar-refractivity contribution in [3.05, 3.63) is 0 Å². The molecule has 2 unspecified atom stereocenters. The predicted molar refractivity (Wildman–Crippen MR) is 76.6 cm³/mol. The molecule has 1 aliphatic heterocycles. The van der Waals surface area contributed by atoms with E-state index < -0.39 is 23.9 Å². The van der Waals surface area contributed by atoms with Crippen molar-refractivity contribution < 1.29 is 19.5 Å². The first kappa shape index (κ1) is 17.2. The van der Waals surface area contributed by atoms with Gasteiger partial charge in [0.25, 0.3) is 0 Å². The maximum absolute atomic E-state index is 12.1. The van der Waals surface area contributed by atoms with Gasteiger partial charge in [-0.05, 0) is 38.8 Å². The van der Waals surface area contributed by atoms with Gasteiger partial charge < -0.3 is 26.4 Å². The van der Waals surface area contributed by atoms with Gasteiger partial charge in [-0.3, -0.25) is 4.79 Å². The van der Waals surface area contributed by atoms with Crippen LogP contribution in [0.2, 0.25) is 0 Å². The van der Waals surface area contributed by atoms with E-state index in [9.17, 15) is 14.4 Å². The van der Waals surface area contributed by atoms with E-state index in [1.165, 1.54) is 0 Å². The fraction of sp³-hybridized carbons (Fsp3) is 0.769. The molecule has 1 fully saturated rings. The van der Waals surface area contributed by atoms with Crippen LogP contribution in [0.3, 0.4) is 0 Å². The van der Waals surface area contributed by atoms with E-state index in [1.54, 1.807) is 4.90 Å². The molecular weight excluding hydrogens is 276 g/mol. The third-order valence-corrected chi connectivity index (χ3v) is 3.57. The first-order valence-corrected chi connectivity index (χ1v) is 7.15. The summed E-state index contributed by atoms with van der Waals surface area (Å²) in [5.74, 6) is -1.36. The van der Waals surface area contributed by atoms with Gasteiger partial charge in [0, 0.05) is 19.5 Å². The Hall–Kier alpha value is -1.83. The Morgan fingerprint density at radius 3 is 2.71 bits per heavy atom. The van der Waals surface area contributed by atoms with Crippen molar-refractivity contribution in [1.29, 1.82) is 0 Å². The molecule has 8 nitrogen and oxygen atoms in total. The minimum absolute atomic E-state index is 0.00416. The highest BCUT2D eigenvalue weighted by Gasteiger charge is 2.27. The number of aliphatic carboxylic acids is 1. The van der Waals surface area contributed by atoms with Gasteiger partial charge in [0.2, 0.25) is 5.91 Å². The van der Waals surface area contributed by atoms with E-state index in [1.807, 2.05) is 7.05 Å². The van der Waals surface area contributed by atoms with Crippen molar-refractivity contribution >= 4 is 17.9 Å². The average molecular weight is 300 g/mol. The van der Waals surface area contributed by atoms with E-state index in [4.69, 9.17) is 10.8 Å². The molecule has 0 radical (unpaired) electrons. The largest absolute Gasteiger partial charge is 0.480 e. The summed E-state index contributed by atoms with van der Waals surface area (Å²) in [7, 11) is 1.86. The van der Waals surface area contributed by atoms with Crippen molar-refractivity contribution in [2.24, 2.45) is 11.7 Å². The van der Waals surface area contributed by atoms with Crippen molar-refractivity contribution in [3.8, 4) is 0 Å². The molecule has 0 aromatic heterocycles. The molecule has 1 heterocycles. The lowest BCUT2D eigenvalue weighted by Crippen LogP contribution is -2.51. The number of nitrogens with one attached hydrogen (secondary N) is 2. The number of urea groups is 1. The molecule has 1 aliphatic rings. The maximum Gasteiger partial charge on any atom is 0.326 e. The number of hydrogen-bond donors (Lipinski definition) is 4. The number of nitrogens with two attached hydrogens (primary N) is 1. The molecule has 0 bridgehead atoms. The second-order valence-corrected chi connectivity index (χ2v) is 5.36. The number of primary amides is 1. The van der Waals surface area contributed by atoms with Crippen molar-refractivity contribution in [2.45, 2.75) is 31.7 Å². The second-order valence-electron chi connectivity index (χ2n) is 5.36. The van der Waals surface area contributed by atoms with Gasteiger partial charge in [0.05, 0.1) is 0 Å². The topological polar surface area (TPSA) is 125 Å². The fourth-order valence-corrected chi connectivity index (χ4v) is 2.49. The number of nitrogens with zero attached hydrogens (tertiary/aromatic N) is 1. The molecule has 0 spiro atoms. The molecule has 3 amide bonds. The summed E-state index contributed by atoms with van der Waals surface area (Å²) in [5.41, 5.74) is 5.00. The van der Waals surface area contributed by atoms with Crippen LogP contribution in [0.5, 0.6) is 0 Å². The van der Waals surface area contributed by atoms with Crippen LogP contribution < -0.4 is 16.4 Å². The van der Waals surface area contributed by atoms with E-state index in [0.717, 1.165) is 19.4 Å². The van der Waals surface area contributed by atoms with Gasteiger partial charge in [0.1, 0.15) is 6.04 Å². The summed E-state index contributed by atoms with van der Waals surface area (Å²) in [6.07, 6.45) is 1.89. The number of hydrogen-bond acceptors (Lipinski definition) is 4. The lowest BCUT2D eigenvalue weighted by atomic mass is 9.98. The number of carboxylic acid groups (broad SMARTS) is 1. The lowest BCUT2D eigenvalue weighted by Gasteiger charge is -2.33. The summed E-state index contributed by atoms with van der Waals surface area (Å²) in [5, 5.41) is 14.6. The van der Waals surface area contributed by atoms with Crippen molar-refractivity contribution in [2.75, 3.05) is 26.7 Å². The van der Waals surface area contributed by atoms with Crippen LogP contribution in [0.1, 0.15) is 25.7 Å². The van der Waals surface area contributed by atoms with Crippen LogP contribution in [0.4, 0.5) is 4.79 Å². The van der Waals surface area contributed by atoms with Crippen LogP contribution >= 0.6 is 0 Å². The van der Waals surface area contributed by atoms with Crippen LogP contribution in [0, 0.1) is 5.92 Å². The maximum atomic E-state index is 12.1. The minimum atomic E-state index is -1.16. The normalized spacial score (nSPS) is 19.9. The molecule has 120 valence electrons. The van der Waals surface area contributed by atoms with Gasteiger partial charge in [-0.1, -0.05) is 0 Å². The van der Waals surface area contributed by atoms with Gasteiger partial charge >= 0.3 is 12.0 Å². The molecule has 0 aromatic carbocycles. The highest BCUT2D eigenvalue weighted by molar-refractivity contribution is 5.83. The third-order valence-electron chi connectivity index (χ3n) is 3.57. The van der Waals surface area contributed by atoms with Crippen LogP contribution in [-0.4, -0.2) is 60.6 Å². The predicted octanol–water partition coefficient (Wildman–Crippen LogP) is -0.654. The Bertz CT molecular complexity index is 386. The Morgan fingerprint density at radius 1 is 1.43 bits per heavy atom. The Labute approximate surface area is 124 Å². The van der Waals surface area contributed by atoms with Crippen LogP contribution in [-0.2, 0) is 9.59 Å². The smallest absolute Gasteiger partial charge is 0.326 e. The summed E-state index contributed by atoms with van der Waals surface area (Å²) >= 11 is 0. The monoisotopic (exact) mass is 300 g/mol. The number of likely N-dealkylation sites (tertiary alicyclic amines) is 1. The number of carbonyl (C=O) groups excluding carboxylic acids is 2. The van der Waals surface area contributed by atoms with Crippen LogP contribution in [0.15, 0.2) is 0 Å². The lowest BCUT2D eigenvalue weighted by molar-refractivity contribution is -0.139. The minimum Gasteiger partial charge on any atom is -0.480 e. The number of carboxylic acids is 1. The summed E-state index contributed by atoms with van der Waals surface area (Å²) in [6.45, 7) is 2.05. The zero-order valence-corrected chi connectivity index (χ0v) is 12.3. The van der Waals surface area contributed by atoms with Gasteiger partial charge in [-0.2, -0.15) is 0 Å². The van der Waals surface area contributed by atoms with Crippen LogP contribution in [0.25, 0.3) is 0 Å². The Kier molecular flexibility index (Phi) is 6.93. The van der Waals surface area contributed by atoms with E-state index in [-0.39, 0.29) is 12.8 Å². The molecule has 0 saturated carbocycles. The highest BCUT2D eigenvalue weighted by Crippen LogP contribution is 2.16. The summed E-state index contributed by atoms with van der Waals surface area (Å²) < 4.78 is 0. The highest BCUT2D eigenvalue weighted by atomic mass is 16.4. The van der Waals surface area contributed by atoms with E-state index in [2.05, 4.69) is 10.6 Å². The van der Waals surface area contributed by atoms with Crippen molar-refractivity contribution in [1.82, 2.24) is 15.5 Å². The number of amides is 3. The summed E-state index contributed by atoms with van der Waals surface area (Å²) in [4.78, 5) is 35.6. The van der Waals surface area contributed by atoms with E-state index >= 15 is 0 Å². The number of carbonyl (C=O) groups is 3. The number of piperidine rings is 1. The second kappa shape index (κ2) is 8.46. The quantitative estimate of drug-likeness (QED) is 0.497. The van der Waals surface area contributed by atoms with Crippen molar-refractivity contribution in [3.63, 3.8) is 0 Å². The SMILES string of the molecule is CNCC1CCCN(C(=O)NC(CCC(N)=O)C(=O)O)C1. The zero-order valence-electron chi connectivity index (χ0n) is 12.3. The molecule has 1 saturated heterocycles. The molecule has 0 aromatic rings. The first-order valence-electron chi connectivity index (χ1n) is 7.15.